The number of nitrogens with one attached hydrogen (secondary N) is 1. The molecule has 0 aliphatic carbocycles. The molecule has 0 amide bonds. The lowest BCUT2D eigenvalue weighted by atomic mass is 10.1. The van der Waals surface area contributed by atoms with Gasteiger partial charge in [0.2, 0.25) is 20.0 Å². The zero-order valence-electron chi connectivity index (χ0n) is 14.3. The first-order valence-corrected chi connectivity index (χ1v) is 10.9. The van der Waals surface area contributed by atoms with E-state index in [-0.39, 0.29) is 28.2 Å². The molecule has 0 spiro atoms. The molecule has 2 saturated heterocycles. The summed E-state index contributed by atoms with van der Waals surface area (Å²) in [5.41, 5.74) is 0. The number of fused-ring (bicyclic) bond motifs is 2. The van der Waals surface area contributed by atoms with Crippen molar-refractivity contribution in [1.29, 1.82) is 0 Å². The molecule has 0 saturated carbocycles. The van der Waals surface area contributed by atoms with Crippen molar-refractivity contribution in [3.05, 3.63) is 24.3 Å². The quantitative estimate of drug-likeness (QED) is 0.797. The van der Waals surface area contributed by atoms with E-state index in [1.54, 1.807) is 0 Å². The maximum atomic E-state index is 13.0. The minimum atomic E-state index is -3.71. The topological polar surface area (TPSA) is 86.8 Å². The zero-order valence-corrected chi connectivity index (χ0v) is 16.7. The van der Waals surface area contributed by atoms with Crippen molar-refractivity contribution >= 4 is 32.5 Å². The SMILES string of the molecule is CN(C)S(=O)(=O)c1cccc(S(=O)(=O)N2CCC3CCC(C2)N3)c1.Cl. The minimum Gasteiger partial charge on any atom is -0.310 e. The lowest BCUT2D eigenvalue weighted by Crippen LogP contribution is -2.39. The van der Waals surface area contributed by atoms with Crippen molar-refractivity contribution in [1.82, 2.24) is 13.9 Å². The van der Waals surface area contributed by atoms with E-state index in [1.807, 2.05) is 0 Å². The summed E-state index contributed by atoms with van der Waals surface area (Å²) in [5.74, 6) is 0. The average molecular weight is 410 g/mol. The molecule has 1 aromatic carbocycles. The Balaban J connectivity index is 0.00000225. The molecule has 1 N–H and O–H groups in total. The van der Waals surface area contributed by atoms with Crippen LogP contribution in [0.2, 0.25) is 0 Å². The van der Waals surface area contributed by atoms with Gasteiger partial charge < -0.3 is 5.32 Å². The summed E-state index contributed by atoms with van der Waals surface area (Å²) in [5, 5.41) is 3.45. The summed E-state index contributed by atoms with van der Waals surface area (Å²) in [6.07, 6.45) is 2.85. The van der Waals surface area contributed by atoms with E-state index in [0.29, 0.717) is 19.1 Å². The van der Waals surface area contributed by atoms with Crippen LogP contribution in [0.25, 0.3) is 0 Å². The van der Waals surface area contributed by atoms with Crippen LogP contribution in [0.15, 0.2) is 34.1 Å². The second kappa shape index (κ2) is 7.50. The van der Waals surface area contributed by atoms with Crippen LogP contribution in [0.1, 0.15) is 19.3 Å². The van der Waals surface area contributed by atoms with Crippen LogP contribution >= 0.6 is 12.4 Å². The first-order valence-electron chi connectivity index (χ1n) is 8.00. The summed E-state index contributed by atoms with van der Waals surface area (Å²) in [6, 6.07) is 6.17. The van der Waals surface area contributed by atoms with Gasteiger partial charge in [-0.3, -0.25) is 0 Å². The maximum Gasteiger partial charge on any atom is 0.243 e. The Morgan fingerprint density at radius 1 is 1.04 bits per heavy atom. The highest BCUT2D eigenvalue weighted by atomic mass is 35.5. The Morgan fingerprint density at radius 3 is 2.36 bits per heavy atom. The number of hydrogen-bond acceptors (Lipinski definition) is 5. The Bertz CT molecular complexity index is 827. The number of benzene rings is 1. The third kappa shape index (κ3) is 4.01. The summed E-state index contributed by atoms with van der Waals surface area (Å²) in [6.45, 7) is 0.894. The normalized spacial score (nSPS) is 24.8. The first kappa shape index (κ1) is 20.6. The van der Waals surface area contributed by atoms with Gasteiger partial charge in [-0.25, -0.2) is 21.1 Å². The van der Waals surface area contributed by atoms with E-state index < -0.39 is 20.0 Å². The number of halogens is 1. The molecule has 2 atom stereocenters. The fourth-order valence-electron chi connectivity index (χ4n) is 3.28. The summed E-state index contributed by atoms with van der Waals surface area (Å²) in [4.78, 5) is 0.0197. The molecule has 3 rings (SSSR count). The van der Waals surface area contributed by atoms with Gasteiger partial charge in [0.1, 0.15) is 0 Å². The highest BCUT2D eigenvalue weighted by Gasteiger charge is 2.35. The van der Waals surface area contributed by atoms with Gasteiger partial charge in [-0.15, -0.1) is 12.4 Å². The Morgan fingerprint density at radius 2 is 1.68 bits per heavy atom. The van der Waals surface area contributed by atoms with Gasteiger partial charge in [0.25, 0.3) is 0 Å². The van der Waals surface area contributed by atoms with Crippen molar-refractivity contribution in [2.45, 2.75) is 41.1 Å². The van der Waals surface area contributed by atoms with Crippen molar-refractivity contribution in [3.63, 3.8) is 0 Å². The predicted molar refractivity (Wildman–Crippen MR) is 97.9 cm³/mol. The molecule has 2 unspecified atom stereocenters. The second-order valence-corrected chi connectivity index (χ2v) is 10.6. The number of rotatable bonds is 4. The lowest BCUT2D eigenvalue weighted by molar-refractivity contribution is 0.383. The third-order valence-electron chi connectivity index (χ3n) is 4.71. The molecule has 1 aromatic rings. The van der Waals surface area contributed by atoms with E-state index in [1.165, 1.54) is 42.7 Å². The van der Waals surface area contributed by atoms with E-state index >= 15 is 0 Å². The van der Waals surface area contributed by atoms with Crippen molar-refractivity contribution in [2.24, 2.45) is 0 Å². The van der Waals surface area contributed by atoms with Crippen molar-refractivity contribution in [2.75, 3.05) is 27.2 Å². The van der Waals surface area contributed by atoms with Crippen LogP contribution in [0.4, 0.5) is 0 Å². The van der Waals surface area contributed by atoms with E-state index in [9.17, 15) is 16.8 Å². The number of nitrogens with zero attached hydrogens (tertiary/aromatic N) is 2. The van der Waals surface area contributed by atoms with Gasteiger partial charge in [0.15, 0.2) is 0 Å². The van der Waals surface area contributed by atoms with Gasteiger partial charge in [0.05, 0.1) is 9.79 Å². The Labute approximate surface area is 155 Å². The number of hydrogen-bond donors (Lipinski definition) is 1. The standard InChI is InChI=1S/C15H23N3O4S2.ClH/c1-17(2)23(19,20)14-4-3-5-15(10-14)24(21,22)18-9-8-12-6-7-13(11-18)16-12;/h3-5,10,12-13,16H,6-9,11H2,1-2H3;1H. The lowest BCUT2D eigenvalue weighted by Gasteiger charge is -2.24. The van der Waals surface area contributed by atoms with E-state index in [4.69, 9.17) is 0 Å². The first-order chi connectivity index (χ1) is 11.2. The van der Waals surface area contributed by atoms with Crippen LogP contribution in [0.5, 0.6) is 0 Å². The van der Waals surface area contributed by atoms with Gasteiger partial charge in [-0.1, -0.05) is 6.07 Å². The zero-order chi connectivity index (χ0) is 17.5. The molecular weight excluding hydrogens is 386 g/mol. The molecule has 142 valence electrons. The van der Waals surface area contributed by atoms with Crippen LogP contribution in [0, 0.1) is 0 Å². The molecule has 2 aliphatic heterocycles. The van der Waals surface area contributed by atoms with Crippen LogP contribution < -0.4 is 5.32 Å². The van der Waals surface area contributed by atoms with Crippen LogP contribution in [-0.4, -0.2) is 64.7 Å². The number of sulfonamides is 2. The summed E-state index contributed by atoms with van der Waals surface area (Å²) >= 11 is 0. The molecule has 2 bridgehead atoms. The van der Waals surface area contributed by atoms with Gasteiger partial charge in [0, 0.05) is 39.3 Å². The minimum absolute atomic E-state index is 0. The van der Waals surface area contributed by atoms with Crippen molar-refractivity contribution in [3.8, 4) is 0 Å². The second-order valence-electron chi connectivity index (χ2n) is 6.55. The fourth-order valence-corrected chi connectivity index (χ4v) is 5.85. The predicted octanol–water partition coefficient (Wildman–Crippen LogP) is 0.874. The highest BCUT2D eigenvalue weighted by Crippen LogP contribution is 2.26. The molecule has 2 heterocycles. The monoisotopic (exact) mass is 409 g/mol. The molecule has 7 nitrogen and oxygen atoms in total. The molecule has 2 aliphatic rings. The van der Waals surface area contributed by atoms with E-state index in [2.05, 4.69) is 5.32 Å². The smallest absolute Gasteiger partial charge is 0.243 e. The summed E-state index contributed by atoms with van der Waals surface area (Å²) < 4.78 is 53.0. The van der Waals surface area contributed by atoms with Crippen LogP contribution in [-0.2, 0) is 20.0 Å². The summed E-state index contributed by atoms with van der Waals surface area (Å²) in [7, 11) is -4.53. The molecule has 25 heavy (non-hydrogen) atoms. The van der Waals surface area contributed by atoms with Crippen LogP contribution in [0.3, 0.4) is 0 Å². The van der Waals surface area contributed by atoms with Gasteiger partial charge in [-0.2, -0.15) is 4.31 Å². The molecule has 2 fully saturated rings. The molecule has 10 heteroatoms. The highest BCUT2D eigenvalue weighted by molar-refractivity contribution is 7.90. The molecular formula is C15H24ClN3O4S2. The van der Waals surface area contributed by atoms with Crippen molar-refractivity contribution < 1.29 is 16.8 Å². The maximum absolute atomic E-state index is 13.0. The van der Waals surface area contributed by atoms with Gasteiger partial charge >= 0.3 is 0 Å². The largest absolute Gasteiger partial charge is 0.310 e. The van der Waals surface area contributed by atoms with E-state index in [0.717, 1.165) is 23.6 Å². The fraction of sp³-hybridized carbons (Fsp3) is 0.600. The average Bonchev–Trinajstić information content (AvgIpc) is 2.85. The molecule has 0 radical (unpaired) electrons. The van der Waals surface area contributed by atoms with Gasteiger partial charge in [-0.05, 0) is 37.5 Å². The Kier molecular flexibility index (Phi) is 6.18. The Hall–Kier alpha value is -0.710. The third-order valence-corrected chi connectivity index (χ3v) is 8.38. The molecule has 0 aromatic heterocycles.